The monoisotopic (exact) mass is 432 g/mol. The lowest BCUT2D eigenvalue weighted by atomic mass is 10.1. The molecule has 8 heteroatoms. The molecule has 30 heavy (non-hydrogen) atoms. The number of nitrogens with zero attached hydrogens (tertiary/aromatic N) is 2. The van der Waals surface area contributed by atoms with Gasteiger partial charge in [-0.1, -0.05) is 29.8 Å². The Labute approximate surface area is 177 Å². The molecule has 156 valence electrons. The van der Waals surface area contributed by atoms with E-state index in [4.69, 9.17) is 20.8 Å². The second kappa shape index (κ2) is 8.83. The average Bonchev–Trinajstić information content (AvgIpc) is 3.38. The van der Waals surface area contributed by atoms with Crippen molar-refractivity contribution < 1.29 is 22.7 Å². The predicted octanol–water partition coefficient (Wildman–Crippen LogP) is 4.94. The summed E-state index contributed by atoms with van der Waals surface area (Å²) in [5, 5.41) is 0.651. The molecule has 0 radical (unpaired) electrons. The van der Waals surface area contributed by atoms with Crippen LogP contribution in [0.3, 0.4) is 0 Å². The number of carbonyl (C=O) groups is 1. The van der Waals surface area contributed by atoms with Gasteiger partial charge in [-0.25, -0.2) is 13.8 Å². The Kier molecular flexibility index (Phi) is 5.99. The van der Waals surface area contributed by atoms with Gasteiger partial charge in [0.2, 0.25) is 5.89 Å². The molecule has 5 nitrogen and oxygen atoms in total. The van der Waals surface area contributed by atoms with Crippen molar-refractivity contribution in [3.63, 3.8) is 0 Å². The highest BCUT2D eigenvalue weighted by atomic mass is 35.5. The van der Waals surface area contributed by atoms with Crippen LogP contribution in [0.4, 0.5) is 8.78 Å². The number of carbonyl (C=O) groups excluding carboxylic acids is 1. The largest absolute Gasteiger partial charge is 0.481 e. The van der Waals surface area contributed by atoms with E-state index in [1.165, 1.54) is 0 Å². The summed E-state index contributed by atoms with van der Waals surface area (Å²) in [6.45, 7) is 0.174. The summed E-state index contributed by atoms with van der Waals surface area (Å²) in [4.78, 5) is 18.6. The van der Waals surface area contributed by atoms with Gasteiger partial charge in [0.25, 0.3) is 5.91 Å². The van der Waals surface area contributed by atoms with Crippen LogP contribution in [-0.4, -0.2) is 28.9 Å². The molecule has 1 fully saturated rings. The minimum atomic E-state index is -0.849. The number of aromatic nitrogens is 1. The molecule has 0 bridgehead atoms. The fourth-order valence-corrected chi connectivity index (χ4v) is 3.73. The molecule has 1 aromatic heterocycles. The van der Waals surface area contributed by atoms with E-state index in [1.807, 2.05) is 24.3 Å². The quantitative estimate of drug-likeness (QED) is 0.553. The Hall–Kier alpha value is -2.93. The van der Waals surface area contributed by atoms with E-state index in [1.54, 1.807) is 11.1 Å². The number of halogens is 3. The first-order chi connectivity index (χ1) is 14.5. The van der Waals surface area contributed by atoms with Gasteiger partial charge >= 0.3 is 0 Å². The predicted molar refractivity (Wildman–Crippen MR) is 106 cm³/mol. The fourth-order valence-electron chi connectivity index (χ4n) is 3.52. The second-order valence-electron chi connectivity index (χ2n) is 7.04. The van der Waals surface area contributed by atoms with Crippen molar-refractivity contribution in [2.45, 2.75) is 25.3 Å². The number of likely N-dealkylation sites (tertiary alicyclic amines) is 1. The zero-order valence-electron chi connectivity index (χ0n) is 16.0. The van der Waals surface area contributed by atoms with Crippen LogP contribution in [0, 0.1) is 11.6 Å². The van der Waals surface area contributed by atoms with Crippen LogP contribution < -0.4 is 4.74 Å². The van der Waals surface area contributed by atoms with Gasteiger partial charge in [-0.2, -0.15) is 0 Å². The number of hydrogen-bond donors (Lipinski definition) is 0. The van der Waals surface area contributed by atoms with Crippen LogP contribution >= 0.6 is 11.6 Å². The van der Waals surface area contributed by atoms with Crippen molar-refractivity contribution >= 4 is 17.5 Å². The minimum Gasteiger partial charge on any atom is -0.481 e. The average molecular weight is 433 g/mol. The topological polar surface area (TPSA) is 55.6 Å². The number of oxazole rings is 1. The van der Waals surface area contributed by atoms with E-state index >= 15 is 0 Å². The van der Waals surface area contributed by atoms with Crippen LogP contribution in [-0.2, 0) is 11.2 Å². The van der Waals surface area contributed by atoms with Crippen LogP contribution in [0.25, 0.3) is 0 Å². The van der Waals surface area contributed by atoms with Gasteiger partial charge in [0, 0.05) is 24.1 Å². The van der Waals surface area contributed by atoms with Gasteiger partial charge < -0.3 is 14.1 Å². The summed E-state index contributed by atoms with van der Waals surface area (Å²) < 4.78 is 37.8. The van der Waals surface area contributed by atoms with Gasteiger partial charge in [-0.3, -0.25) is 4.79 Å². The van der Waals surface area contributed by atoms with Crippen molar-refractivity contribution in [3.8, 4) is 5.75 Å². The van der Waals surface area contributed by atoms with E-state index in [0.29, 0.717) is 42.1 Å². The minimum absolute atomic E-state index is 0.168. The van der Waals surface area contributed by atoms with Crippen molar-refractivity contribution in [1.82, 2.24) is 9.88 Å². The Morgan fingerprint density at radius 3 is 2.90 bits per heavy atom. The zero-order chi connectivity index (χ0) is 21.1. The van der Waals surface area contributed by atoms with Crippen molar-refractivity contribution in [3.05, 3.63) is 82.5 Å². The van der Waals surface area contributed by atoms with E-state index in [0.717, 1.165) is 24.1 Å². The summed E-state index contributed by atoms with van der Waals surface area (Å²) >= 11 is 6.20. The Balaban J connectivity index is 1.41. The van der Waals surface area contributed by atoms with Gasteiger partial charge in [0.05, 0.1) is 6.20 Å². The molecule has 1 aliphatic heterocycles. The van der Waals surface area contributed by atoms with Gasteiger partial charge in [-0.15, -0.1) is 0 Å². The number of ether oxygens (including phenoxy) is 1. The summed E-state index contributed by atoms with van der Waals surface area (Å²) in [5.74, 6) is -0.927. The summed E-state index contributed by atoms with van der Waals surface area (Å²) in [6, 6.07) is 10.1. The van der Waals surface area contributed by atoms with E-state index in [9.17, 15) is 13.6 Å². The summed E-state index contributed by atoms with van der Waals surface area (Å²) in [5.41, 5.74) is 0.927. The summed E-state index contributed by atoms with van der Waals surface area (Å²) in [6.07, 6.45) is 3.65. The molecule has 4 rings (SSSR count). The standard InChI is InChI=1S/C22H19ClF2N2O3/c23-17-5-2-1-4-14(17)10-16-12-26-22(30-16)19-6-3-9-27(19)21(28)13-29-20-8-7-15(24)11-18(20)25/h1-2,4-5,7-8,11-12,19H,3,6,9-10,13H2. The number of hydrogen-bond acceptors (Lipinski definition) is 4. The molecule has 1 amide bonds. The molecule has 0 saturated carbocycles. The third-order valence-corrected chi connectivity index (χ3v) is 5.37. The maximum atomic E-state index is 13.7. The molecule has 2 aromatic carbocycles. The Morgan fingerprint density at radius 1 is 1.27 bits per heavy atom. The van der Waals surface area contributed by atoms with E-state index in [-0.39, 0.29) is 24.3 Å². The van der Waals surface area contributed by atoms with Gasteiger partial charge in [-0.05, 0) is 36.6 Å². The molecule has 0 N–H and O–H groups in total. The molecule has 1 atom stereocenters. The third-order valence-electron chi connectivity index (χ3n) is 5.00. The molecular weight excluding hydrogens is 414 g/mol. The Morgan fingerprint density at radius 2 is 2.10 bits per heavy atom. The summed E-state index contributed by atoms with van der Waals surface area (Å²) in [7, 11) is 0. The van der Waals surface area contributed by atoms with E-state index < -0.39 is 11.6 Å². The molecule has 1 saturated heterocycles. The normalized spacial score (nSPS) is 16.1. The molecule has 0 aliphatic carbocycles. The van der Waals surface area contributed by atoms with Crippen LogP contribution in [0.5, 0.6) is 5.75 Å². The zero-order valence-corrected chi connectivity index (χ0v) is 16.7. The lowest BCUT2D eigenvalue weighted by molar-refractivity contribution is -0.134. The molecule has 1 aliphatic rings. The first-order valence-electron chi connectivity index (χ1n) is 9.56. The number of benzene rings is 2. The first-order valence-corrected chi connectivity index (χ1v) is 9.94. The third kappa shape index (κ3) is 4.46. The van der Waals surface area contributed by atoms with Crippen LogP contribution in [0.15, 0.2) is 53.1 Å². The maximum Gasteiger partial charge on any atom is 0.261 e. The smallest absolute Gasteiger partial charge is 0.261 e. The molecule has 0 spiro atoms. The second-order valence-corrected chi connectivity index (χ2v) is 7.45. The van der Waals surface area contributed by atoms with Crippen molar-refractivity contribution in [2.75, 3.05) is 13.2 Å². The highest BCUT2D eigenvalue weighted by molar-refractivity contribution is 6.31. The molecule has 3 aromatic rings. The maximum absolute atomic E-state index is 13.7. The SMILES string of the molecule is O=C(COc1ccc(F)cc1F)N1CCCC1c1ncc(Cc2ccccc2Cl)o1. The number of rotatable bonds is 6. The lowest BCUT2D eigenvalue weighted by Crippen LogP contribution is -2.34. The van der Waals surface area contributed by atoms with Crippen molar-refractivity contribution in [2.24, 2.45) is 0 Å². The fraction of sp³-hybridized carbons (Fsp3) is 0.273. The van der Waals surface area contributed by atoms with Crippen LogP contribution in [0.2, 0.25) is 5.02 Å². The molecule has 2 heterocycles. The first kappa shape index (κ1) is 20.3. The van der Waals surface area contributed by atoms with Crippen molar-refractivity contribution in [1.29, 1.82) is 0 Å². The highest BCUT2D eigenvalue weighted by Gasteiger charge is 2.33. The molecular formula is C22H19ClF2N2O3. The molecule has 1 unspecified atom stereocenters. The Bertz CT molecular complexity index is 1060. The van der Waals surface area contributed by atoms with Crippen LogP contribution in [0.1, 0.15) is 36.1 Å². The number of amides is 1. The van der Waals surface area contributed by atoms with Gasteiger partial charge in [0.1, 0.15) is 17.6 Å². The van der Waals surface area contributed by atoms with E-state index in [2.05, 4.69) is 4.98 Å². The van der Waals surface area contributed by atoms with Gasteiger partial charge in [0.15, 0.2) is 18.2 Å². The lowest BCUT2D eigenvalue weighted by Gasteiger charge is -2.22. The highest BCUT2D eigenvalue weighted by Crippen LogP contribution is 2.32.